The first-order chi connectivity index (χ1) is 9.84. The van der Waals surface area contributed by atoms with Crippen molar-refractivity contribution in [2.75, 3.05) is 0 Å². The van der Waals surface area contributed by atoms with Crippen LogP contribution in [0.4, 0.5) is 0 Å². The Morgan fingerprint density at radius 2 is 1.50 bits per heavy atom. The van der Waals surface area contributed by atoms with E-state index in [1.165, 1.54) is 83.5 Å². The molecule has 0 amide bonds. The van der Waals surface area contributed by atoms with Crippen LogP contribution in [-0.2, 0) is 0 Å². The summed E-state index contributed by atoms with van der Waals surface area (Å²) in [6.45, 7) is 2.27. The van der Waals surface area contributed by atoms with E-state index in [0.29, 0.717) is 5.92 Å². The van der Waals surface area contributed by atoms with E-state index in [1.54, 1.807) is 0 Å². The zero-order valence-electron chi connectivity index (χ0n) is 13.7. The van der Waals surface area contributed by atoms with Crippen LogP contribution >= 0.6 is 0 Å². The summed E-state index contributed by atoms with van der Waals surface area (Å²) in [6, 6.07) is 0. The predicted octanol–water partition coefficient (Wildman–Crippen LogP) is 6.01. The molecule has 1 unspecified atom stereocenters. The second-order valence-corrected chi connectivity index (χ2v) is 6.58. The number of aliphatic hydroxyl groups excluding tert-OH is 1. The monoisotopic (exact) mass is 280 g/mol. The minimum atomic E-state index is -0.177. The van der Waals surface area contributed by atoms with Crippen molar-refractivity contribution in [2.24, 2.45) is 5.92 Å². The minimum absolute atomic E-state index is 0.177. The van der Waals surface area contributed by atoms with Gasteiger partial charge in [0.05, 0.1) is 6.10 Å². The van der Waals surface area contributed by atoms with Crippen LogP contribution in [0.1, 0.15) is 96.8 Å². The average molecular weight is 280 g/mol. The largest absolute Gasteiger partial charge is 0.389 e. The van der Waals surface area contributed by atoms with E-state index < -0.39 is 0 Å². The molecule has 0 spiro atoms. The van der Waals surface area contributed by atoms with Gasteiger partial charge in [-0.15, -0.1) is 0 Å². The van der Waals surface area contributed by atoms with Gasteiger partial charge in [-0.2, -0.15) is 0 Å². The highest BCUT2D eigenvalue weighted by atomic mass is 16.3. The SMILES string of the molecule is CCCCCCCCCC/C=C/C(O)C1CCCCC1. The van der Waals surface area contributed by atoms with Gasteiger partial charge in [-0.3, -0.25) is 0 Å². The van der Waals surface area contributed by atoms with Crippen molar-refractivity contribution in [1.82, 2.24) is 0 Å². The highest BCUT2D eigenvalue weighted by molar-refractivity contribution is 4.92. The van der Waals surface area contributed by atoms with Gasteiger partial charge in [-0.1, -0.05) is 83.3 Å². The molecule has 1 fully saturated rings. The summed E-state index contributed by atoms with van der Waals surface area (Å²) < 4.78 is 0. The van der Waals surface area contributed by atoms with Crippen LogP contribution in [0.5, 0.6) is 0 Å². The van der Waals surface area contributed by atoms with Crippen molar-refractivity contribution in [2.45, 2.75) is 103 Å². The topological polar surface area (TPSA) is 20.2 Å². The van der Waals surface area contributed by atoms with Crippen LogP contribution in [0.2, 0.25) is 0 Å². The quantitative estimate of drug-likeness (QED) is 0.363. The lowest BCUT2D eigenvalue weighted by Crippen LogP contribution is -2.20. The molecule has 20 heavy (non-hydrogen) atoms. The van der Waals surface area contributed by atoms with Crippen molar-refractivity contribution in [3.8, 4) is 0 Å². The molecule has 0 aromatic rings. The molecule has 0 heterocycles. The van der Waals surface area contributed by atoms with Crippen LogP contribution in [0.3, 0.4) is 0 Å². The Bertz CT molecular complexity index is 228. The van der Waals surface area contributed by atoms with Crippen molar-refractivity contribution in [1.29, 1.82) is 0 Å². The average Bonchev–Trinajstić information content (AvgIpc) is 2.50. The van der Waals surface area contributed by atoms with Crippen LogP contribution in [0, 0.1) is 5.92 Å². The summed E-state index contributed by atoms with van der Waals surface area (Å²) in [7, 11) is 0. The van der Waals surface area contributed by atoms with Gasteiger partial charge in [0.2, 0.25) is 0 Å². The molecule has 0 saturated heterocycles. The fourth-order valence-electron chi connectivity index (χ4n) is 3.26. The Kier molecular flexibility index (Phi) is 11.0. The number of hydrogen-bond donors (Lipinski definition) is 1. The van der Waals surface area contributed by atoms with Gasteiger partial charge in [0.1, 0.15) is 0 Å². The van der Waals surface area contributed by atoms with E-state index in [2.05, 4.69) is 19.1 Å². The number of allylic oxidation sites excluding steroid dienone is 1. The maximum Gasteiger partial charge on any atom is 0.0749 e. The van der Waals surface area contributed by atoms with Crippen LogP contribution in [-0.4, -0.2) is 11.2 Å². The van der Waals surface area contributed by atoms with E-state index in [1.807, 2.05) is 0 Å². The van der Waals surface area contributed by atoms with Crippen molar-refractivity contribution in [3.05, 3.63) is 12.2 Å². The van der Waals surface area contributed by atoms with Gasteiger partial charge in [-0.25, -0.2) is 0 Å². The zero-order chi connectivity index (χ0) is 14.5. The Hall–Kier alpha value is -0.300. The van der Waals surface area contributed by atoms with Crippen LogP contribution in [0.25, 0.3) is 0 Å². The van der Waals surface area contributed by atoms with Gasteiger partial charge in [-0.05, 0) is 31.6 Å². The molecule has 1 saturated carbocycles. The van der Waals surface area contributed by atoms with E-state index in [-0.39, 0.29) is 6.10 Å². The molecule has 0 bridgehead atoms. The summed E-state index contributed by atoms with van der Waals surface area (Å²) in [4.78, 5) is 0. The number of unbranched alkanes of at least 4 members (excludes halogenated alkanes) is 8. The number of hydrogen-bond acceptors (Lipinski definition) is 1. The van der Waals surface area contributed by atoms with E-state index in [4.69, 9.17) is 0 Å². The molecule has 1 aliphatic carbocycles. The van der Waals surface area contributed by atoms with Crippen molar-refractivity contribution >= 4 is 0 Å². The summed E-state index contributed by atoms with van der Waals surface area (Å²) >= 11 is 0. The zero-order valence-corrected chi connectivity index (χ0v) is 13.7. The van der Waals surface area contributed by atoms with Gasteiger partial charge in [0, 0.05) is 0 Å². The molecule has 0 radical (unpaired) electrons. The third kappa shape index (κ3) is 8.79. The van der Waals surface area contributed by atoms with Crippen LogP contribution < -0.4 is 0 Å². The molecular formula is C19H36O. The smallest absolute Gasteiger partial charge is 0.0749 e. The molecule has 1 atom stereocenters. The normalized spacial score (nSPS) is 18.7. The summed E-state index contributed by atoms with van der Waals surface area (Å²) in [5.74, 6) is 0.540. The molecule has 1 rings (SSSR count). The Morgan fingerprint density at radius 1 is 0.900 bits per heavy atom. The van der Waals surface area contributed by atoms with Crippen LogP contribution in [0.15, 0.2) is 12.2 Å². The first kappa shape index (κ1) is 17.8. The van der Waals surface area contributed by atoms with E-state index >= 15 is 0 Å². The molecule has 0 aromatic heterocycles. The third-order valence-electron chi connectivity index (χ3n) is 4.69. The molecule has 1 aliphatic rings. The molecule has 1 heteroatoms. The lowest BCUT2D eigenvalue weighted by Gasteiger charge is -2.24. The first-order valence-electron chi connectivity index (χ1n) is 9.19. The first-order valence-corrected chi connectivity index (χ1v) is 9.19. The van der Waals surface area contributed by atoms with Crippen molar-refractivity contribution < 1.29 is 5.11 Å². The third-order valence-corrected chi connectivity index (χ3v) is 4.69. The molecule has 0 aliphatic heterocycles. The Balaban J connectivity index is 1.90. The highest BCUT2D eigenvalue weighted by Gasteiger charge is 2.18. The minimum Gasteiger partial charge on any atom is -0.389 e. The number of aliphatic hydroxyl groups is 1. The summed E-state index contributed by atoms with van der Waals surface area (Å²) in [6.07, 6.45) is 22.7. The maximum absolute atomic E-state index is 10.1. The van der Waals surface area contributed by atoms with E-state index in [0.717, 1.165) is 6.42 Å². The van der Waals surface area contributed by atoms with Gasteiger partial charge >= 0.3 is 0 Å². The highest BCUT2D eigenvalue weighted by Crippen LogP contribution is 2.27. The van der Waals surface area contributed by atoms with Gasteiger partial charge in [0.25, 0.3) is 0 Å². The maximum atomic E-state index is 10.1. The van der Waals surface area contributed by atoms with Gasteiger partial charge < -0.3 is 5.11 Å². The molecule has 1 N–H and O–H groups in total. The van der Waals surface area contributed by atoms with Crippen molar-refractivity contribution in [3.63, 3.8) is 0 Å². The van der Waals surface area contributed by atoms with Gasteiger partial charge in [0.15, 0.2) is 0 Å². The lowest BCUT2D eigenvalue weighted by atomic mass is 9.85. The summed E-state index contributed by atoms with van der Waals surface area (Å²) in [5.41, 5.74) is 0. The lowest BCUT2D eigenvalue weighted by molar-refractivity contribution is 0.125. The second-order valence-electron chi connectivity index (χ2n) is 6.58. The second kappa shape index (κ2) is 12.4. The molecular weight excluding hydrogens is 244 g/mol. The van der Waals surface area contributed by atoms with E-state index in [9.17, 15) is 5.11 Å². The number of rotatable bonds is 11. The molecule has 0 aromatic carbocycles. The fourth-order valence-corrected chi connectivity index (χ4v) is 3.26. The summed E-state index contributed by atoms with van der Waals surface area (Å²) in [5, 5.41) is 10.1. The predicted molar refractivity (Wildman–Crippen MR) is 88.9 cm³/mol. The Labute approximate surface area is 126 Å². The standard InChI is InChI=1S/C19H36O/c1-2-3-4-5-6-7-8-9-10-14-17-19(20)18-15-12-11-13-16-18/h14,17-20H,2-13,15-16H2,1H3/b17-14+. The molecule has 118 valence electrons. The Morgan fingerprint density at radius 3 is 2.15 bits per heavy atom. The fraction of sp³-hybridized carbons (Fsp3) is 0.895. The molecule has 1 nitrogen and oxygen atoms in total.